The maximum Gasteiger partial charge on any atom is 0.249 e. The van der Waals surface area contributed by atoms with E-state index in [4.69, 9.17) is 5.26 Å². The molecule has 0 N–H and O–H groups in total. The van der Waals surface area contributed by atoms with Crippen LogP contribution in [0.3, 0.4) is 0 Å². The highest BCUT2D eigenvalue weighted by Crippen LogP contribution is 2.64. The third-order valence-electron chi connectivity index (χ3n) is 2.81. The SMILES string of the molecule is N#CC1CC2(C1)CC(F)(F)C2. The molecule has 3 heteroatoms. The third kappa shape index (κ3) is 0.926. The van der Waals surface area contributed by atoms with E-state index >= 15 is 0 Å². The molecule has 2 aliphatic rings. The van der Waals surface area contributed by atoms with Crippen molar-refractivity contribution in [1.29, 1.82) is 5.26 Å². The molecule has 2 aliphatic carbocycles. The second-order valence-corrected chi connectivity index (χ2v) is 3.94. The molecule has 1 nitrogen and oxygen atoms in total. The Kier molecular flexibility index (Phi) is 1.11. The summed E-state index contributed by atoms with van der Waals surface area (Å²) in [5.74, 6) is -2.36. The molecule has 1 spiro atoms. The van der Waals surface area contributed by atoms with Crippen LogP contribution < -0.4 is 0 Å². The zero-order chi connectivity index (χ0) is 8.11. The van der Waals surface area contributed by atoms with Crippen molar-refractivity contribution in [3.63, 3.8) is 0 Å². The molecule has 11 heavy (non-hydrogen) atoms. The van der Waals surface area contributed by atoms with Crippen molar-refractivity contribution >= 4 is 0 Å². The van der Waals surface area contributed by atoms with Crippen molar-refractivity contribution in [2.75, 3.05) is 0 Å². The maximum absolute atomic E-state index is 12.4. The molecule has 0 aromatic carbocycles. The van der Waals surface area contributed by atoms with Crippen LogP contribution in [0.2, 0.25) is 0 Å². The van der Waals surface area contributed by atoms with Crippen LogP contribution in [-0.2, 0) is 0 Å². The van der Waals surface area contributed by atoms with Gasteiger partial charge in [0.2, 0.25) is 5.92 Å². The molecule has 0 heterocycles. The van der Waals surface area contributed by atoms with Crippen molar-refractivity contribution in [1.82, 2.24) is 0 Å². The molecule has 0 atom stereocenters. The molecule has 0 saturated heterocycles. The van der Waals surface area contributed by atoms with Crippen LogP contribution in [0.4, 0.5) is 8.78 Å². The number of nitrogens with zero attached hydrogens (tertiary/aromatic N) is 1. The van der Waals surface area contributed by atoms with Crippen LogP contribution in [0.1, 0.15) is 25.7 Å². The number of alkyl halides is 2. The van der Waals surface area contributed by atoms with Crippen molar-refractivity contribution < 1.29 is 8.78 Å². The minimum Gasteiger partial charge on any atom is -0.207 e. The highest BCUT2D eigenvalue weighted by atomic mass is 19.3. The number of hydrogen-bond donors (Lipinski definition) is 0. The van der Waals surface area contributed by atoms with Gasteiger partial charge in [0.15, 0.2) is 0 Å². The lowest BCUT2D eigenvalue weighted by molar-refractivity contribution is -0.199. The Morgan fingerprint density at radius 1 is 1.27 bits per heavy atom. The lowest BCUT2D eigenvalue weighted by atomic mass is 9.50. The Balaban J connectivity index is 1.89. The first-order chi connectivity index (χ1) is 5.05. The smallest absolute Gasteiger partial charge is 0.207 e. The highest BCUT2D eigenvalue weighted by Gasteiger charge is 2.61. The second kappa shape index (κ2) is 1.74. The first-order valence-corrected chi connectivity index (χ1v) is 3.83. The van der Waals surface area contributed by atoms with E-state index in [1.807, 2.05) is 0 Å². The van der Waals surface area contributed by atoms with E-state index in [0.717, 1.165) is 0 Å². The summed E-state index contributed by atoms with van der Waals surface area (Å²) in [4.78, 5) is 0. The standard InChI is InChI=1S/C8H9F2N/c9-8(10)4-7(5-8)1-6(2-7)3-11/h6H,1-2,4-5H2. The van der Waals surface area contributed by atoms with E-state index in [-0.39, 0.29) is 24.2 Å². The first-order valence-electron chi connectivity index (χ1n) is 3.83. The summed E-state index contributed by atoms with van der Waals surface area (Å²) in [6, 6.07) is 2.11. The molecule has 0 amide bonds. The lowest BCUT2D eigenvalue weighted by Crippen LogP contribution is -2.53. The second-order valence-electron chi connectivity index (χ2n) is 3.94. The van der Waals surface area contributed by atoms with Gasteiger partial charge >= 0.3 is 0 Å². The zero-order valence-electron chi connectivity index (χ0n) is 6.11. The number of nitriles is 1. The normalized spacial score (nSPS) is 32.1. The highest BCUT2D eigenvalue weighted by molar-refractivity contribution is 5.11. The largest absolute Gasteiger partial charge is 0.249 e. The van der Waals surface area contributed by atoms with E-state index in [1.165, 1.54) is 0 Å². The summed E-state index contributed by atoms with van der Waals surface area (Å²) in [7, 11) is 0. The van der Waals surface area contributed by atoms with Gasteiger partial charge in [-0.05, 0) is 18.3 Å². The predicted molar refractivity (Wildman–Crippen MR) is 35.0 cm³/mol. The summed E-state index contributed by atoms with van der Waals surface area (Å²) < 4.78 is 24.8. The summed E-state index contributed by atoms with van der Waals surface area (Å²) in [6.45, 7) is 0. The van der Waals surface area contributed by atoms with Crippen LogP contribution in [-0.4, -0.2) is 5.92 Å². The van der Waals surface area contributed by atoms with Gasteiger partial charge in [-0.3, -0.25) is 0 Å². The summed E-state index contributed by atoms with van der Waals surface area (Å²) in [5, 5.41) is 8.43. The maximum atomic E-state index is 12.4. The number of hydrogen-bond acceptors (Lipinski definition) is 1. The fraction of sp³-hybridized carbons (Fsp3) is 0.875. The molecule has 60 valence electrons. The van der Waals surface area contributed by atoms with Gasteiger partial charge in [0.25, 0.3) is 0 Å². The molecular formula is C8H9F2N. The summed E-state index contributed by atoms with van der Waals surface area (Å²) >= 11 is 0. The average molecular weight is 157 g/mol. The monoisotopic (exact) mass is 157 g/mol. The van der Waals surface area contributed by atoms with Crippen LogP contribution in [0.5, 0.6) is 0 Å². The Morgan fingerprint density at radius 3 is 2.18 bits per heavy atom. The molecular weight excluding hydrogens is 148 g/mol. The average Bonchev–Trinajstić information content (AvgIpc) is 1.75. The predicted octanol–water partition coefficient (Wildman–Crippen LogP) is 2.34. The van der Waals surface area contributed by atoms with Crippen molar-refractivity contribution in [3.05, 3.63) is 0 Å². The van der Waals surface area contributed by atoms with Gasteiger partial charge < -0.3 is 0 Å². The molecule has 0 aliphatic heterocycles. The van der Waals surface area contributed by atoms with E-state index < -0.39 is 5.92 Å². The Bertz CT molecular complexity index is 213. The minimum absolute atomic E-state index is 0.0260. The van der Waals surface area contributed by atoms with Gasteiger partial charge in [-0.15, -0.1) is 0 Å². The fourth-order valence-corrected chi connectivity index (χ4v) is 2.41. The Labute approximate surface area is 64.0 Å². The van der Waals surface area contributed by atoms with Crippen LogP contribution >= 0.6 is 0 Å². The van der Waals surface area contributed by atoms with Crippen LogP contribution in [0.15, 0.2) is 0 Å². The fourth-order valence-electron chi connectivity index (χ4n) is 2.41. The van der Waals surface area contributed by atoms with E-state index in [1.54, 1.807) is 0 Å². The van der Waals surface area contributed by atoms with Gasteiger partial charge in [0.1, 0.15) is 0 Å². The van der Waals surface area contributed by atoms with Gasteiger partial charge in [0.05, 0.1) is 6.07 Å². The van der Waals surface area contributed by atoms with E-state index in [0.29, 0.717) is 12.8 Å². The summed E-state index contributed by atoms with van der Waals surface area (Å²) in [5.41, 5.74) is -0.121. The van der Waals surface area contributed by atoms with Crippen molar-refractivity contribution in [3.8, 4) is 6.07 Å². The molecule has 0 bridgehead atoms. The molecule has 0 unspecified atom stereocenters. The van der Waals surface area contributed by atoms with Crippen molar-refractivity contribution in [2.24, 2.45) is 11.3 Å². The first kappa shape index (κ1) is 7.02. The van der Waals surface area contributed by atoms with Gasteiger partial charge in [-0.25, -0.2) is 8.78 Å². The van der Waals surface area contributed by atoms with Gasteiger partial charge in [0, 0.05) is 18.8 Å². The number of halogens is 2. The number of rotatable bonds is 0. The van der Waals surface area contributed by atoms with Crippen LogP contribution in [0.25, 0.3) is 0 Å². The molecule has 0 aromatic heterocycles. The molecule has 2 rings (SSSR count). The van der Waals surface area contributed by atoms with E-state index in [9.17, 15) is 8.78 Å². The molecule has 2 fully saturated rings. The third-order valence-corrected chi connectivity index (χ3v) is 2.81. The van der Waals surface area contributed by atoms with Gasteiger partial charge in [-0.2, -0.15) is 5.26 Å². The Hall–Kier alpha value is -0.650. The van der Waals surface area contributed by atoms with Crippen molar-refractivity contribution in [2.45, 2.75) is 31.6 Å². The lowest BCUT2D eigenvalue weighted by Gasteiger charge is -2.55. The molecule has 0 aromatic rings. The Morgan fingerprint density at radius 2 is 1.82 bits per heavy atom. The topological polar surface area (TPSA) is 23.8 Å². The van der Waals surface area contributed by atoms with E-state index in [2.05, 4.69) is 6.07 Å². The van der Waals surface area contributed by atoms with Crippen LogP contribution in [0, 0.1) is 22.7 Å². The molecule has 0 radical (unpaired) electrons. The van der Waals surface area contributed by atoms with Gasteiger partial charge in [-0.1, -0.05) is 0 Å². The summed E-state index contributed by atoms with van der Waals surface area (Å²) in [6.07, 6.45) is 1.47. The quantitative estimate of drug-likeness (QED) is 0.529. The minimum atomic E-state index is -2.42. The molecule has 2 saturated carbocycles. The zero-order valence-corrected chi connectivity index (χ0v) is 6.11.